The topological polar surface area (TPSA) is 197 Å². The van der Waals surface area contributed by atoms with Crippen molar-refractivity contribution in [1.82, 2.24) is 21.3 Å². The molecule has 4 saturated heterocycles. The summed E-state index contributed by atoms with van der Waals surface area (Å²) in [5, 5.41) is 33.8. The molecule has 0 radical (unpaired) electrons. The number of carbonyl (C=O) groups excluding carboxylic acids is 2. The molecule has 0 spiro atoms. The molecule has 68 heavy (non-hydrogen) atoms. The van der Waals surface area contributed by atoms with Gasteiger partial charge in [0.25, 0.3) is 0 Å². The Labute approximate surface area is 402 Å². The van der Waals surface area contributed by atoms with Crippen LogP contribution in [-0.2, 0) is 37.9 Å². The van der Waals surface area contributed by atoms with E-state index in [2.05, 4.69) is 44.9 Å². The third-order valence-electron chi connectivity index (χ3n) is 12.7. The van der Waals surface area contributed by atoms with Crippen LogP contribution in [0.3, 0.4) is 0 Å². The average molecular weight is 947 g/mol. The molecule has 4 aliphatic rings. The number of aliphatic hydroxyl groups excluding tert-OH is 2. The number of fused-ring (bicyclic) bond motifs is 2. The fourth-order valence-electron chi connectivity index (χ4n) is 8.92. The summed E-state index contributed by atoms with van der Waals surface area (Å²) in [6, 6.07) is 16.7. The Morgan fingerprint density at radius 1 is 0.544 bits per heavy atom. The fourth-order valence-corrected chi connectivity index (χ4v) is 8.92. The molecule has 2 aromatic rings. The number of urea groups is 2. The number of hydrogen-bond acceptors (Lipinski definition) is 12. The smallest absolute Gasteiger partial charge is 0.315 e. The van der Waals surface area contributed by atoms with Crippen molar-refractivity contribution in [2.24, 2.45) is 0 Å². The summed E-state index contributed by atoms with van der Waals surface area (Å²) in [6.45, 7) is 1.54. The maximum Gasteiger partial charge on any atom is 0.315 e. The first-order valence-electron chi connectivity index (χ1n) is 24.8. The normalized spacial score (nSPS) is 28.6. The highest BCUT2D eigenvalue weighted by Gasteiger charge is 2.51. The van der Waals surface area contributed by atoms with E-state index in [4.69, 9.17) is 37.9 Å². The first-order valence-corrected chi connectivity index (χ1v) is 24.8. The van der Waals surface area contributed by atoms with Gasteiger partial charge in [0.1, 0.15) is 48.7 Å². The summed E-state index contributed by atoms with van der Waals surface area (Å²) in [5.41, 5.74) is 1.69. The molecular weight excluding hydrogens is 873 g/mol. The third-order valence-corrected chi connectivity index (χ3v) is 12.7. The van der Waals surface area contributed by atoms with Gasteiger partial charge in [0.05, 0.1) is 13.2 Å². The minimum atomic E-state index is -1.04. The number of nitrogens with one attached hydrogen (secondary N) is 4. The van der Waals surface area contributed by atoms with Crippen LogP contribution in [-0.4, -0.2) is 124 Å². The average Bonchev–Trinajstić information content (AvgIpc) is 3.37. The van der Waals surface area contributed by atoms with E-state index in [0.717, 1.165) is 114 Å². The molecular formula is C52H74N4O12. The minimum absolute atomic E-state index is 0.236. The lowest BCUT2D eigenvalue weighted by molar-refractivity contribution is -0.340. The monoisotopic (exact) mass is 947 g/mol. The van der Waals surface area contributed by atoms with Crippen molar-refractivity contribution in [2.45, 2.75) is 177 Å². The van der Waals surface area contributed by atoms with Gasteiger partial charge in [0.2, 0.25) is 0 Å². The standard InChI is InChI=1S/C52H74N4O12/c1-61-49-41(43(57)45-39(65-49)35-63-47(67-45)37-29-23-21-24-30-37)55-51(59)53-33-27-19-17-15-13-11-9-7-5-3-4-6-8-10-12-14-16-18-20-28-34-54-52(60)56-42-44(58)46-40(66-50(42)62-2)36-64-48(68-46)38-31-25-22-26-32-38/h21-26,29-32,39-50,57-58H,7-20,27-28,33-36H2,1-2H3,(H2,53,55,59)(H2,54,56,60)/t39-,40-,41-,42-,43-,44-,45-,46-,47?,48?,49+,50+/m1/s1. The van der Waals surface area contributed by atoms with E-state index in [1.54, 1.807) is 0 Å². The Morgan fingerprint density at radius 3 is 1.29 bits per heavy atom. The summed E-state index contributed by atoms with van der Waals surface area (Å²) >= 11 is 0. The second kappa shape index (κ2) is 29.7. The van der Waals surface area contributed by atoms with E-state index >= 15 is 0 Å². The number of rotatable bonds is 24. The molecule has 0 aromatic heterocycles. The van der Waals surface area contributed by atoms with E-state index in [-0.39, 0.29) is 25.3 Å². The molecule has 2 aromatic carbocycles. The molecule has 6 rings (SSSR count). The zero-order valence-corrected chi connectivity index (χ0v) is 39.8. The molecule has 4 heterocycles. The van der Waals surface area contributed by atoms with Gasteiger partial charge in [0, 0.05) is 51.3 Å². The second-order valence-corrected chi connectivity index (χ2v) is 17.8. The molecule has 4 fully saturated rings. The summed E-state index contributed by atoms with van der Waals surface area (Å²) in [7, 11) is 2.96. The molecule has 374 valence electrons. The summed E-state index contributed by atoms with van der Waals surface area (Å²) < 4.78 is 46.7. The first kappa shape index (κ1) is 53.1. The summed E-state index contributed by atoms with van der Waals surface area (Å²) in [5.74, 6) is 12.4. The van der Waals surface area contributed by atoms with E-state index < -0.39 is 73.9 Å². The molecule has 6 N–H and O–H groups in total. The Balaban J connectivity index is 0.699. The highest BCUT2D eigenvalue weighted by atomic mass is 16.8. The van der Waals surface area contributed by atoms with Crippen molar-refractivity contribution in [3.8, 4) is 23.7 Å². The summed E-state index contributed by atoms with van der Waals surface area (Å²) in [6.07, 6.45) is 9.37. The minimum Gasteiger partial charge on any atom is -0.388 e. The molecule has 0 bridgehead atoms. The van der Waals surface area contributed by atoms with E-state index in [1.807, 2.05) is 60.7 Å². The maximum atomic E-state index is 12.7. The van der Waals surface area contributed by atoms with Crippen molar-refractivity contribution in [2.75, 3.05) is 40.5 Å². The molecule has 4 aliphatic heterocycles. The van der Waals surface area contributed by atoms with E-state index in [1.165, 1.54) is 14.2 Å². The fraction of sp³-hybridized carbons (Fsp3) is 0.654. The van der Waals surface area contributed by atoms with Gasteiger partial charge < -0.3 is 69.4 Å². The van der Waals surface area contributed by atoms with E-state index in [0.29, 0.717) is 13.1 Å². The molecule has 4 amide bonds. The third kappa shape index (κ3) is 16.7. The number of ether oxygens (including phenoxy) is 8. The van der Waals surface area contributed by atoms with Gasteiger partial charge in [-0.15, -0.1) is 0 Å². The predicted molar refractivity (Wildman–Crippen MR) is 253 cm³/mol. The van der Waals surface area contributed by atoms with Crippen LogP contribution in [0.2, 0.25) is 0 Å². The first-order chi connectivity index (χ1) is 33.4. The number of hydrogen-bond donors (Lipinski definition) is 6. The van der Waals surface area contributed by atoms with Gasteiger partial charge in [-0.1, -0.05) is 137 Å². The molecule has 12 atom stereocenters. The lowest BCUT2D eigenvalue weighted by atomic mass is 9.96. The number of carbonyl (C=O) groups is 2. The summed E-state index contributed by atoms with van der Waals surface area (Å²) in [4.78, 5) is 25.5. The van der Waals surface area contributed by atoms with Crippen LogP contribution in [0.15, 0.2) is 60.7 Å². The molecule has 0 aliphatic carbocycles. The van der Waals surface area contributed by atoms with Gasteiger partial charge in [-0.2, -0.15) is 0 Å². The van der Waals surface area contributed by atoms with Crippen LogP contribution >= 0.6 is 0 Å². The Morgan fingerprint density at radius 2 is 0.912 bits per heavy atom. The van der Waals surface area contributed by atoms with Crippen molar-refractivity contribution >= 4 is 12.1 Å². The van der Waals surface area contributed by atoms with Crippen molar-refractivity contribution < 1.29 is 57.7 Å². The highest BCUT2D eigenvalue weighted by molar-refractivity contribution is 5.74. The number of benzene rings is 2. The molecule has 0 saturated carbocycles. The van der Waals surface area contributed by atoms with Gasteiger partial charge in [-0.05, 0) is 37.5 Å². The largest absolute Gasteiger partial charge is 0.388 e. The van der Waals surface area contributed by atoms with Crippen molar-refractivity contribution in [1.29, 1.82) is 0 Å². The zero-order chi connectivity index (χ0) is 47.8. The second-order valence-electron chi connectivity index (χ2n) is 17.8. The number of amides is 4. The van der Waals surface area contributed by atoms with Crippen LogP contribution in [0.1, 0.15) is 126 Å². The lowest BCUT2D eigenvalue weighted by Crippen LogP contribution is -2.67. The Hall–Kier alpha value is -4.30. The number of aliphatic hydroxyl groups is 2. The quantitative estimate of drug-likeness (QED) is 0.0511. The van der Waals surface area contributed by atoms with Crippen LogP contribution in [0.25, 0.3) is 0 Å². The van der Waals surface area contributed by atoms with E-state index in [9.17, 15) is 19.8 Å². The lowest BCUT2D eigenvalue weighted by Gasteiger charge is -2.47. The molecule has 16 nitrogen and oxygen atoms in total. The maximum absolute atomic E-state index is 12.7. The Bertz CT molecular complexity index is 1760. The SMILES string of the molecule is CO[C@H]1O[C@@H]2COC(c3ccccc3)O[C@H]2[C@H](O)[C@H]1NC(=O)NCCCCCCCCCC#CC#CCCCCCCCCCNC(=O)N[C@H]1[C@@H](OC)O[C@@H]2COC(c3ccccc3)O[C@H]2[C@@H]1O. The van der Waals surface area contributed by atoms with Crippen LogP contribution in [0.5, 0.6) is 0 Å². The van der Waals surface area contributed by atoms with Crippen molar-refractivity contribution in [3.63, 3.8) is 0 Å². The highest BCUT2D eigenvalue weighted by Crippen LogP contribution is 2.36. The van der Waals surface area contributed by atoms with Crippen molar-refractivity contribution in [3.05, 3.63) is 71.8 Å². The van der Waals surface area contributed by atoms with Crippen LogP contribution < -0.4 is 21.3 Å². The molecule has 16 heteroatoms. The van der Waals surface area contributed by atoms with Crippen LogP contribution in [0.4, 0.5) is 9.59 Å². The Kier molecular flexibility index (Phi) is 23.1. The van der Waals surface area contributed by atoms with Gasteiger partial charge >= 0.3 is 12.1 Å². The predicted octanol–water partition coefficient (Wildman–Crippen LogP) is 6.26. The van der Waals surface area contributed by atoms with Gasteiger partial charge in [-0.25, -0.2) is 9.59 Å². The van der Waals surface area contributed by atoms with Gasteiger partial charge in [-0.3, -0.25) is 0 Å². The van der Waals surface area contributed by atoms with Crippen LogP contribution in [0, 0.1) is 23.7 Å². The number of unbranched alkanes of at least 4 members (excludes halogenated alkanes) is 14. The number of methoxy groups -OCH3 is 2. The molecule has 2 unspecified atom stereocenters. The zero-order valence-electron chi connectivity index (χ0n) is 39.8. The van der Waals surface area contributed by atoms with Gasteiger partial charge in [0.15, 0.2) is 25.2 Å².